The first-order valence-electron chi connectivity index (χ1n) is 10.1. The van der Waals surface area contributed by atoms with Gasteiger partial charge in [-0.1, -0.05) is 36.4 Å². The molecule has 8 heteroatoms. The first kappa shape index (κ1) is 19.6. The average molecular weight is 404 g/mol. The van der Waals surface area contributed by atoms with Crippen molar-refractivity contribution in [3.8, 4) is 0 Å². The lowest BCUT2D eigenvalue weighted by atomic mass is 10.2. The van der Waals surface area contributed by atoms with Crippen LogP contribution < -0.4 is 14.7 Å². The summed E-state index contributed by atoms with van der Waals surface area (Å²) in [6, 6.07) is 19.8. The van der Waals surface area contributed by atoms with Crippen LogP contribution in [0.15, 0.2) is 67.0 Å². The van der Waals surface area contributed by atoms with E-state index in [4.69, 9.17) is 0 Å². The topological polar surface area (TPSA) is 78.6 Å². The van der Waals surface area contributed by atoms with Crippen molar-refractivity contribution < 1.29 is 4.92 Å². The Morgan fingerprint density at radius 2 is 1.53 bits per heavy atom. The summed E-state index contributed by atoms with van der Waals surface area (Å²) in [6.45, 7) is 5.38. The maximum Gasteiger partial charge on any atom is 0.353 e. The maximum atomic E-state index is 12.1. The van der Waals surface area contributed by atoms with Crippen LogP contribution in [0.4, 0.5) is 28.7 Å². The highest BCUT2D eigenvalue weighted by Gasteiger charge is 2.31. The molecule has 4 rings (SSSR count). The van der Waals surface area contributed by atoms with Crippen LogP contribution in [0.25, 0.3) is 0 Å². The number of piperazine rings is 1. The molecule has 8 nitrogen and oxygen atoms in total. The molecule has 0 spiro atoms. The fraction of sp³-hybridized carbons (Fsp3) is 0.273. The molecular formula is C22H24N6O2. The van der Waals surface area contributed by atoms with Gasteiger partial charge in [0.05, 0.1) is 4.92 Å². The second kappa shape index (κ2) is 8.77. The zero-order valence-corrected chi connectivity index (χ0v) is 16.9. The number of nitro groups is 1. The lowest BCUT2D eigenvalue weighted by Gasteiger charge is -2.36. The second-order valence-electron chi connectivity index (χ2n) is 7.02. The van der Waals surface area contributed by atoms with E-state index >= 15 is 0 Å². The van der Waals surface area contributed by atoms with Crippen molar-refractivity contribution in [1.82, 2.24) is 9.97 Å². The SMILES string of the molecule is CCN(c1ccccc1)c1ncnc(N2CCN(c3ccccc3)CC2)c1[N+](=O)[O-]. The van der Waals surface area contributed by atoms with Gasteiger partial charge in [-0.3, -0.25) is 10.1 Å². The van der Waals surface area contributed by atoms with Crippen LogP contribution in [0, 0.1) is 10.1 Å². The van der Waals surface area contributed by atoms with E-state index in [1.165, 1.54) is 6.33 Å². The largest absolute Gasteiger partial charge is 0.368 e. The Balaban J connectivity index is 1.63. The smallest absolute Gasteiger partial charge is 0.353 e. The molecule has 1 aromatic heterocycles. The first-order chi connectivity index (χ1) is 14.7. The molecule has 0 amide bonds. The molecule has 0 aliphatic carbocycles. The Kier molecular flexibility index (Phi) is 5.74. The summed E-state index contributed by atoms with van der Waals surface area (Å²) in [5, 5.41) is 12.1. The predicted molar refractivity (Wildman–Crippen MR) is 119 cm³/mol. The van der Waals surface area contributed by atoms with Crippen LogP contribution in [0.1, 0.15) is 6.92 Å². The van der Waals surface area contributed by atoms with Gasteiger partial charge in [-0.15, -0.1) is 0 Å². The van der Waals surface area contributed by atoms with E-state index < -0.39 is 0 Å². The molecule has 0 N–H and O–H groups in total. The lowest BCUT2D eigenvalue weighted by Crippen LogP contribution is -2.47. The van der Waals surface area contributed by atoms with E-state index in [2.05, 4.69) is 27.0 Å². The van der Waals surface area contributed by atoms with Crippen LogP contribution in [-0.2, 0) is 0 Å². The normalized spacial score (nSPS) is 13.9. The molecular weight excluding hydrogens is 380 g/mol. The van der Waals surface area contributed by atoms with Gasteiger partial charge >= 0.3 is 5.69 Å². The Bertz CT molecular complexity index is 991. The van der Waals surface area contributed by atoms with Gasteiger partial charge in [0, 0.05) is 44.1 Å². The molecule has 0 saturated carbocycles. The number of para-hydroxylation sites is 2. The number of nitrogens with zero attached hydrogens (tertiary/aromatic N) is 6. The summed E-state index contributed by atoms with van der Waals surface area (Å²) in [5.41, 5.74) is 1.98. The molecule has 3 aromatic rings. The average Bonchev–Trinajstić information content (AvgIpc) is 2.81. The van der Waals surface area contributed by atoms with Crippen molar-refractivity contribution in [2.24, 2.45) is 0 Å². The van der Waals surface area contributed by atoms with Crippen molar-refractivity contribution in [2.45, 2.75) is 6.92 Å². The highest BCUT2D eigenvalue weighted by molar-refractivity contribution is 5.76. The van der Waals surface area contributed by atoms with Crippen molar-refractivity contribution in [2.75, 3.05) is 47.4 Å². The Morgan fingerprint density at radius 3 is 2.13 bits per heavy atom. The zero-order chi connectivity index (χ0) is 20.9. The summed E-state index contributed by atoms with van der Waals surface area (Å²) >= 11 is 0. The van der Waals surface area contributed by atoms with Crippen LogP contribution >= 0.6 is 0 Å². The van der Waals surface area contributed by atoms with E-state index in [9.17, 15) is 10.1 Å². The van der Waals surface area contributed by atoms with Gasteiger partial charge in [0.1, 0.15) is 6.33 Å². The fourth-order valence-electron chi connectivity index (χ4n) is 3.83. The highest BCUT2D eigenvalue weighted by atomic mass is 16.6. The Hall–Kier alpha value is -3.68. The quantitative estimate of drug-likeness (QED) is 0.456. The number of hydrogen-bond acceptors (Lipinski definition) is 7. The van der Waals surface area contributed by atoms with Crippen molar-refractivity contribution in [3.63, 3.8) is 0 Å². The van der Waals surface area contributed by atoms with Gasteiger partial charge in [-0.2, -0.15) is 0 Å². The zero-order valence-electron chi connectivity index (χ0n) is 16.9. The molecule has 0 radical (unpaired) electrons. The molecule has 30 heavy (non-hydrogen) atoms. The second-order valence-corrected chi connectivity index (χ2v) is 7.02. The van der Waals surface area contributed by atoms with Crippen LogP contribution in [0.3, 0.4) is 0 Å². The molecule has 2 heterocycles. The van der Waals surface area contributed by atoms with Crippen molar-refractivity contribution >= 4 is 28.7 Å². The molecule has 1 aliphatic heterocycles. The Labute approximate surface area is 175 Å². The standard InChI is InChI=1S/C22H24N6O2/c1-2-27(19-11-7-4-8-12-19)22-20(28(29)30)21(23-17-24-22)26-15-13-25(14-16-26)18-9-5-3-6-10-18/h3-12,17H,2,13-16H2,1H3. The van der Waals surface area contributed by atoms with Gasteiger partial charge < -0.3 is 14.7 Å². The van der Waals surface area contributed by atoms with Crippen molar-refractivity contribution in [3.05, 3.63) is 77.1 Å². The summed E-state index contributed by atoms with van der Waals surface area (Å²) in [6.07, 6.45) is 1.42. The van der Waals surface area contributed by atoms with E-state index in [0.717, 1.165) is 24.5 Å². The lowest BCUT2D eigenvalue weighted by molar-refractivity contribution is -0.383. The van der Waals surface area contributed by atoms with Crippen LogP contribution in [0.2, 0.25) is 0 Å². The Morgan fingerprint density at radius 1 is 0.933 bits per heavy atom. The molecule has 2 aromatic carbocycles. The highest BCUT2D eigenvalue weighted by Crippen LogP contribution is 2.37. The third-order valence-corrected chi connectivity index (χ3v) is 5.31. The first-order valence-corrected chi connectivity index (χ1v) is 10.1. The number of benzene rings is 2. The number of hydrogen-bond donors (Lipinski definition) is 0. The van der Waals surface area contributed by atoms with Crippen molar-refractivity contribution in [1.29, 1.82) is 0 Å². The molecule has 154 valence electrons. The third kappa shape index (κ3) is 3.89. The van der Waals surface area contributed by atoms with Crippen LogP contribution in [0.5, 0.6) is 0 Å². The predicted octanol–water partition coefficient (Wildman–Crippen LogP) is 3.87. The van der Waals surface area contributed by atoms with Gasteiger partial charge in [-0.05, 0) is 31.2 Å². The number of anilines is 4. The molecule has 0 unspecified atom stereocenters. The summed E-state index contributed by atoms with van der Waals surface area (Å²) in [5.74, 6) is 0.705. The van der Waals surface area contributed by atoms with Gasteiger partial charge in [0.2, 0.25) is 11.6 Å². The van der Waals surface area contributed by atoms with Gasteiger partial charge in [0.25, 0.3) is 0 Å². The molecule has 1 saturated heterocycles. The monoisotopic (exact) mass is 404 g/mol. The summed E-state index contributed by atoms with van der Waals surface area (Å²) < 4.78 is 0. The molecule has 0 bridgehead atoms. The summed E-state index contributed by atoms with van der Waals surface area (Å²) in [4.78, 5) is 26.5. The molecule has 1 aliphatic rings. The number of rotatable bonds is 6. The summed E-state index contributed by atoms with van der Waals surface area (Å²) in [7, 11) is 0. The number of aromatic nitrogens is 2. The minimum absolute atomic E-state index is 0.0450. The minimum atomic E-state index is -0.361. The molecule has 1 fully saturated rings. The fourth-order valence-corrected chi connectivity index (χ4v) is 3.83. The van der Waals surface area contributed by atoms with E-state index in [-0.39, 0.29) is 10.6 Å². The van der Waals surface area contributed by atoms with Gasteiger partial charge in [0.15, 0.2) is 0 Å². The van der Waals surface area contributed by atoms with E-state index in [1.54, 1.807) is 0 Å². The van der Waals surface area contributed by atoms with E-state index in [0.29, 0.717) is 31.3 Å². The van der Waals surface area contributed by atoms with Crippen LogP contribution in [-0.4, -0.2) is 47.6 Å². The third-order valence-electron chi connectivity index (χ3n) is 5.31. The molecule has 0 atom stereocenters. The maximum absolute atomic E-state index is 12.1. The minimum Gasteiger partial charge on any atom is -0.368 e. The van der Waals surface area contributed by atoms with E-state index in [1.807, 2.05) is 65.3 Å². The van der Waals surface area contributed by atoms with Gasteiger partial charge in [-0.25, -0.2) is 9.97 Å².